The maximum atomic E-state index is 11.8. The summed E-state index contributed by atoms with van der Waals surface area (Å²) in [5.41, 5.74) is -0.246. The van der Waals surface area contributed by atoms with Crippen molar-refractivity contribution in [3.63, 3.8) is 0 Å². The molecule has 5 nitrogen and oxygen atoms in total. The lowest BCUT2D eigenvalue weighted by Gasteiger charge is -2.33. The molecule has 0 aromatic carbocycles. The molecule has 100 valence electrons. The Labute approximate surface area is 106 Å². The third-order valence-corrected chi connectivity index (χ3v) is 3.85. The summed E-state index contributed by atoms with van der Waals surface area (Å²) in [6.45, 7) is 0. The second-order valence-corrected chi connectivity index (χ2v) is 5.00. The summed E-state index contributed by atoms with van der Waals surface area (Å²) in [4.78, 5) is 23.2. The molecule has 2 aliphatic rings. The number of carbonyl (C=O) groups excluding carboxylic acids is 2. The Morgan fingerprint density at radius 3 is 2.56 bits per heavy atom. The first-order chi connectivity index (χ1) is 8.63. The molecule has 1 atom stereocenters. The van der Waals surface area contributed by atoms with Crippen LogP contribution in [-0.4, -0.2) is 30.1 Å². The fraction of sp³-hybridized carbons (Fsp3) is 0.692. The minimum absolute atomic E-state index is 0.0498. The summed E-state index contributed by atoms with van der Waals surface area (Å²) in [5.74, 6) is -1.02. The van der Waals surface area contributed by atoms with Gasteiger partial charge in [0.1, 0.15) is 5.76 Å². The monoisotopic (exact) mass is 253 g/mol. The second kappa shape index (κ2) is 5.42. The van der Waals surface area contributed by atoms with Crippen molar-refractivity contribution in [2.75, 3.05) is 7.11 Å². The van der Waals surface area contributed by atoms with Crippen LogP contribution in [-0.2, 0) is 14.3 Å². The minimum atomic E-state index is -0.771. The van der Waals surface area contributed by atoms with Gasteiger partial charge in [0.15, 0.2) is 5.57 Å². The smallest absolute Gasteiger partial charge is 0.346 e. The van der Waals surface area contributed by atoms with Crippen LogP contribution in [0.25, 0.3) is 0 Å². The Morgan fingerprint density at radius 2 is 2.00 bits per heavy atom. The van der Waals surface area contributed by atoms with Crippen LogP contribution < -0.4 is 5.32 Å². The van der Waals surface area contributed by atoms with Gasteiger partial charge < -0.3 is 15.2 Å². The number of aliphatic hydroxyl groups excluding tert-OH is 1. The molecule has 0 saturated heterocycles. The molecule has 1 fully saturated rings. The number of hydrogen-bond acceptors (Lipinski definition) is 4. The third-order valence-electron chi connectivity index (χ3n) is 3.85. The van der Waals surface area contributed by atoms with Gasteiger partial charge in [0, 0.05) is 12.5 Å². The number of amides is 1. The van der Waals surface area contributed by atoms with Crippen LogP contribution in [0.3, 0.4) is 0 Å². The van der Waals surface area contributed by atoms with Crippen molar-refractivity contribution in [2.24, 2.45) is 5.92 Å². The van der Waals surface area contributed by atoms with E-state index in [1.165, 1.54) is 26.4 Å². The second-order valence-electron chi connectivity index (χ2n) is 5.00. The average molecular weight is 253 g/mol. The largest absolute Gasteiger partial charge is 0.511 e. The quantitative estimate of drug-likeness (QED) is 0.577. The van der Waals surface area contributed by atoms with E-state index in [1.54, 1.807) is 0 Å². The lowest BCUT2D eigenvalue weighted by Crippen LogP contribution is -2.47. The Bertz CT molecular complexity index is 382. The van der Waals surface area contributed by atoms with Crippen LogP contribution in [0.4, 0.5) is 0 Å². The van der Waals surface area contributed by atoms with Gasteiger partial charge in [-0.3, -0.25) is 4.79 Å². The number of hydrogen-bond donors (Lipinski definition) is 2. The van der Waals surface area contributed by atoms with Gasteiger partial charge >= 0.3 is 5.97 Å². The number of methoxy groups -OCH3 is 1. The van der Waals surface area contributed by atoms with E-state index < -0.39 is 11.9 Å². The molecule has 2 rings (SSSR count). The molecule has 1 aliphatic heterocycles. The van der Waals surface area contributed by atoms with E-state index in [1.807, 2.05) is 0 Å². The van der Waals surface area contributed by atoms with Crippen LogP contribution in [0.1, 0.15) is 38.5 Å². The Kier molecular flexibility index (Phi) is 3.89. The lowest BCUT2D eigenvalue weighted by atomic mass is 9.81. The van der Waals surface area contributed by atoms with E-state index in [4.69, 9.17) is 0 Å². The number of esters is 1. The molecule has 2 N–H and O–H groups in total. The van der Waals surface area contributed by atoms with Crippen molar-refractivity contribution < 1.29 is 19.4 Å². The summed E-state index contributed by atoms with van der Waals surface area (Å²) < 4.78 is 4.49. The number of ether oxygens (including phenoxy) is 1. The minimum Gasteiger partial charge on any atom is -0.511 e. The van der Waals surface area contributed by atoms with Crippen LogP contribution in [0.2, 0.25) is 0 Å². The van der Waals surface area contributed by atoms with Gasteiger partial charge in [-0.05, 0) is 18.8 Å². The molecule has 5 heteroatoms. The molecule has 1 heterocycles. The normalized spacial score (nSPS) is 25.8. The highest BCUT2D eigenvalue weighted by molar-refractivity contribution is 6.17. The summed E-state index contributed by atoms with van der Waals surface area (Å²) >= 11 is 0. The zero-order chi connectivity index (χ0) is 13.1. The summed E-state index contributed by atoms with van der Waals surface area (Å²) in [5, 5.41) is 12.7. The molecule has 0 aromatic heterocycles. The summed E-state index contributed by atoms with van der Waals surface area (Å²) in [6, 6.07) is -0.0498. The molecule has 0 spiro atoms. The molecule has 0 bridgehead atoms. The molecule has 1 aliphatic carbocycles. The van der Waals surface area contributed by atoms with Crippen molar-refractivity contribution in [3.8, 4) is 0 Å². The van der Waals surface area contributed by atoms with Crippen molar-refractivity contribution in [1.82, 2.24) is 5.32 Å². The van der Waals surface area contributed by atoms with Crippen LogP contribution in [0.15, 0.2) is 11.3 Å². The van der Waals surface area contributed by atoms with Crippen molar-refractivity contribution in [2.45, 2.75) is 44.6 Å². The van der Waals surface area contributed by atoms with Crippen molar-refractivity contribution in [3.05, 3.63) is 11.3 Å². The van der Waals surface area contributed by atoms with E-state index in [9.17, 15) is 14.7 Å². The Morgan fingerprint density at radius 1 is 1.33 bits per heavy atom. The molecule has 18 heavy (non-hydrogen) atoms. The predicted octanol–water partition coefficient (Wildman–Crippen LogP) is 1.44. The van der Waals surface area contributed by atoms with Gasteiger partial charge in [0.05, 0.1) is 7.11 Å². The first kappa shape index (κ1) is 12.9. The number of aliphatic hydroxyl groups is 1. The van der Waals surface area contributed by atoms with E-state index in [-0.39, 0.29) is 17.4 Å². The topological polar surface area (TPSA) is 75.6 Å². The molecular weight excluding hydrogens is 234 g/mol. The predicted molar refractivity (Wildman–Crippen MR) is 64.8 cm³/mol. The molecule has 1 saturated carbocycles. The SMILES string of the molecule is COC(=O)C1=C(O)CC(C2CCCCC2)NC1=O. The standard InChI is InChI=1S/C13H19NO4/c1-18-13(17)11-10(15)7-9(14-12(11)16)8-5-3-2-4-6-8/h8-9,15H,2-7H2,1H3,(H,14,16). The maximum Gasteiger partial charge on any atom is 0.346 e. The Balaban J connectivity index is 2.11. The zero-order valence-electron chi connectivity index (χ0n) is 10.6. The third kappa shape index (κ3) is 2.49. The molecule has 0 radical (unpaired) electrons. The molecule has 1 amide bonds. The van der Waals surface area contributed by atoms with E-state index in [2.05, 4.69) is 10.1 Å². The summed E-state index contributed by atoms with van der Waals surface area (Å²) in [6.07, 6.45) is 6.07. The highest BCUT2D eigenvalue weighted by Crippen LogP contribution is 2.31. The highest BCUT2D eigenvalue weighted by atomic mass is 16.5. The van der Waals surface area contributed by atoms with Crippen LogP contribution in [0, 0.1) is 5.92 Å². The van der Waals surface area contributed by atoms with Gasteiger partial charge in [-0.1, -0.05) is 19.3 Å². The first-order valence-electron chi connectivity index (χ1n) is 6.44. The van der Waals surface area contributed by atoms with Crippen LogP contribution >= 0.6 is 0 Å². The zero-order valence-corrected chi connectivity index (χ0v) is 10.6. The van der Waals surface area contributed by atoms with Gasteiger partial charge in [-0.15, -0.1) is 0 Å². The van der Waals surface area contributed by atoms with Gasteiger partial charge in [-0.2, -0.15) is 0 Å². The van der Waals surface area contributed by atoms with E-state index in [0.29, 0.717) is 12.3 Å². The maximum absolute atomic E-state index is 11.8. The fourth-order valence-corrected chi connectivity index (χ4v) is 2.87. The molecule has 0 aromatic rings. The lowest BCUT2D eigenvalue weighted by molar-refractivity contribution is -0.139. The number of carbonyl (C=O) groups is 2. The van der Waals surface area contributed by atoms with Crippen LogP contribution in [0.5, 0.6) is 0 Å². The fourth-order valence-electron chi connectivity index (χ4n) is 2.87. The van der Waals surface area contributed by atoms with E-state index >= 15 is 0 Å². The van der Waals surface area contributed by atoms with Crippen molar-refractivity contribution in [1.29, 1.82) is 0 Å². The van der Waals surface area contributed by atoms with Crippen molar-refractivity contribution >= 4 is 11.9 Å². The summed E-state index contributed by atoms with van der Waals surface area (Å²) in [7, 11) is 1.20. The first-order valence-corrected chi connectivity index (χ1v) is 6.44. The number of nitrogens with one attached hydrogen (secondary N) is 1. The average Bonchev–Trinajstić information content (AvgIpc) is 2.38. The number of rotatable bonds is 2. The van der Waals surface area contributed by atoms with Gasteiger partial charge in [-0.25, -0.2) is 4.79 Å². The Hall–Kier alpha value is -1.52. The van der Waals surface area contributed by atoms with Gasteiger partial charge in [0.25, 0.3) is 5.91 Å². The van der Waals surface area contributed by atoms with Gasteiger partial charge in [0.2, 0.25) is 0 Å². The molecule has 1 unspecified atom stereocenters. The molecular formula is C13H19NO4. The van der Waals surface area contributed by atoms with E-state index in [0.717, 1.165) is 12.8 Å². The highest BCUT2D eigenvalue weighted by Gasteiger charge is 2.35.